The lowest BCUT2D eigenvalue weighted by molar-refractivity contribution is 0.0418. The average molecular weight is 429 g/mol. The van der Waals surface area contributed by atoms with E-state index in [1.54, 1.807) is 0 Å². The molecule has 2 aliphatic rings. The fourth-order valence-corrected chi connectivity index (χ4v) is 3.56. The summed E-state index contributed by atoms with van der Waals surface area (Å²) in [6.07, 6.45) is 2.28. The van der Waals surface area contributed by atoms with Gasteiger partial charge in [0.15, 0.2) is 0 Å². The summed E-state index contributed by atoms with van der Waals surface area (Å²) in [5, 5.41) is 2.96. The maximum absolute atomic E-state index is 12.4. The number of hydrogen-bond donors (Lipinski definition) is 1. The number of nitrogens with one attached hydrogen (secondary N) is 1. The molecule has 1 aromatic carbocycles. The van der Waals surface area contributed by atoms with Crippen molar-refractivity contribution in [3.8, 4) is 0 Å². The molecule has 2 saturated heterocycles. The molecule has 0 saturated carbocycles. The van der Waals surface area contributed by atoms with Crippen molar-refractivity contribution >= 4 is 40.4 Å². The van der Waals surface area contributed by atoms with Crippen LogP contribution in [-0.4, -0.2) is 54.2 Å². The first-order valence-corrected chi connectivity index (χ1v) is 8.97. The topological polar surface area (TPSA) is 61.9 Å². The molecular weight excluding hydrogens is 409 g/mol. The summed E-state index contributed by atoms with van der Waals surface area (Å²) in [5.74, 6) is 0. The number of ether oxygens (including phenoxy) is 1. The molecule has 0 spiro atoms. The molecule has 3 rings (SSSR count). The molecule has 23 heavy (non-hydrogen) atoms. The van der Waals surface area contributed by atoms with Crippen molar-refractivity contribution in [2.75, 3.05) is 31.6 Å². The summed E-state index contributed by atoms with van der Waals surface area (Å²) in [5.41, 5.74) is 0.833. The number of carbonyl (C=O) groups excluding carboxylic acids is 2. The Kier molecular flexibility index (Phi) is 5.24. The second-order valence-electron chi connectivity index (χ2n) is 5.79. The summed E-state index contributed by atoms with van der Waals surface area (Å²) in [4.78, 5) is 27.8. The third-order valence-corrected chi connectivity index (χ3v) is 5.25. The van der Waals surface area contributed by atoms with Crippen molar-refractivity contribution in [2.24, 2.45) is 0 Å². The maximum atomic E-state index is 12.4. The second kappa shape index (κ2) is 7.37. The van der Waals surface area contributed by atoms with Crippen LogP contribution in [-0.2, 0) is 4.74 Å². The largest absolute Gasteiger partial charge is 0.449 e. The minimum absolute atomic E-state index is 0.0752. The predicted molar refractivity (Wildman–Crippen MR) is 95.4 cm³/mol. The van der Waals surface area contributed by atoms with Gasteiger partial charge in [0.1, 0.15) is 0 Å². The van der Waals surface area contributed by atoms with Gasteiger partial charge in [-0.2, -0.15) is 0 Å². The van der Waals surface area contributed by atoms with E-state index in [-0.39, 0.29) is 18.2 Å². The van der Waals surface area contributed by atoms with Crippen LogP contribution in [0.25, 0.3) is 0 Å². The number of urea groups is 1. The first kappa shape index (κ1) is 16.4. The molecule has 0 atom stereocenters. The van der Waals surface area contributed by atoms with Crippen LogP contribution < -0.4 is 5.32 Å². The molecule has 1 aromatic rings. The van der Waals surface area contributed by atoms with E-state index in [4.69, 9.17) is 4.74 Å². The minimum Gasteiger partial charge on any atom is -0.449 e. The van der Waals surface area contributed by atoms with Gasteiger partial charge in [-0.25, -0.2) is 9.59 Å². The summed E-state index contributed by atoms with van der Waals surface area (Å²) in [7, 11) is 0. The number of hydrogen-bond acceptors (Lipinski definition) is 3. The van der Waals surface area contributed by atoms with Crippen LogP contribution in [0.2, 0.25) is 0 Å². The molecule has 0 aromatic heterocycles. The van der Waals surface area contributed by atoms with Gasteiger partial charge in [-0.1, -0.05) is 12.1 Å². The molecule has 2 fully saturated rings. The summed E-state index contributed by atoms with van der Waals surface area (Å²) in [6.45, 7) is 2.59. The molecule has 0 radical (unpaired) electrons. The predicted octanol–water partition coefficient (Wildman–Crippen LogP) is 3.13. The van der Waals surface area contributed by atoms with Crippen LogP contribution in [0.1, 0.15) is 19.3 Å². The normalized spacial score (nSPS) is 19.4. The van der Waals surface area contributed by atoms with E-state index in [2.05, 4.69) is 27.9 Å². The number of benzene rings is 1. The third kappa shape index (κ3) is 3.88. The Morgan fingerprint density at radius 1 is 1.22 bits per heavy atom. The number of rotatable bonds is 2. The van der Waals surface area contributed by atoms with Crippen LogP contribution in [0.15, 0.2) is 24.3 Å². The van der Waals surface area contributed by atoms with Crippen LogP contribution in [0.3, 0.4) is 0 Å². The highest BCUT2D eigenvalue weighted by atomic mass is 127. The van der Waals surface area contributed by atoms with Gasteiger partial charge in [-0.15, -0.1) is 0 Å². The summed E-state index contributed by atoms with van der Waals surface area (Å²) in [6, 6.07) is 7.82. The number of likely N-dealkylation sites (tertiary alicyclic amines) is 1. The molecule has 7 heteroatoms. The number of amides is 3. The highest BCUT2D eigenvalue weighted by molar-refractivity contribution is 14.1. The zero-order valence-corrected chi connectivity index (χ0v) is 15.0. The zero-order valence-electron chi connectivity index (χ0n) is 12.8. The molecule has 2 heterocycles. The van der Waals surface area contributed by atoms with Crippen molar-refractivity contribution < 1.29 is 14.3 Å². The molecule has 124 valence electrons. The first-order valence-electron chi connectivity index (χ1n) is 7.89. The lowest BCUT2D eigenvalue weighted by Gasteiger charge is -2.39. The minimum atomic E-state index is -0.210. The lowest BCUT2D eigenvalue weighted by Crippen LogP contribution is -2.51. The van der Waals surface area contributed by atoms with Gasteiger partial charge in [0, 0.05) is 29.2 Å². The monoisotopic (exact) mass is 429 g/mol. The van der Waals surface area contributed by atoms with Crippen LogP contribution >= 0.6 is 22.6 Å². The van der Waals surface area contributed by atoms with Gasteiger partial charge in [-0.05, 0) is 54.0 Å². The van der Waals surface area contributed by atoms with Crippen molar-refractivity contribution in [3.05, 3.63) is 27.8 Å². The Morgan fingerprint density at radius 2 is 1.96 bits per heavy atom. The molecule has 0 bridgehead atoms. The molecule has 1 N–H and O–H groups in total. The molecular formula is C16H20IN3O3. The van der Waals surface area contributed by atoms with E-state index in [1.165, 1.54) is 0 Å². The van der Waals surface area contributed by atoms with Gasteiger partial charge < -0.3 is 19.9 Å². The van der Waals surface area contributed by atoms with Crippen molar-refractivity contribution in [1.82, 2.24) is 9.80 Å². The number of piperidine rings is 1. The Bertz CT molecular complexity index is 588. The fraction of sp³-hybridized carbons (Fsp3) is 0.500. The van der Waals surface area contributed by atoms with Crippen LogP contribution in [0.4, 0.5) is 15.3 Å². The Morgan fingerprint density at radius 3 is 2.65 bits per heavy atom. The Balaban J connectivity index is 1.53. The standard InChI is InChI=1S/C16H20IN3O3/c17-13-4-1-2-5-14(13)18-15(21)19-9-6-12(7-10-19)20-8-3-11-23-16(20)22/h1-2,4-5,12H,3,6-11H2,(H,18,21). The number of para-hydroxylation sites is 1. The van der Waals surface area contributed by atoms with E-state index in [9.17, 15) is 9.59 Å². The van der Waals surface area contributed by atoms with Crippen molar-refractivity contribution in [1.29, 1.82) is 0 Å². The highest BCUT2D eigenvalue weighted by Gasteiger charge is 2.31. The van der Waals surface area contributed by atoms with E-state index in [0.717, 1.165) is 35.1 Å². The van der Waals surface area contributed by atoms with Gasteiger partial charge in [0.25, 0.3) is 0 Å². The molecule has 0 aliphatic carbocycles. The van der Waals surface area contributed by atoms with E-state index in [1.807, 2.05) is 34.1 Å². The number of halogens is 1. The fourth-order valence-electron chi connectivity index (χ4n) is 3.04. The molecule has 3 amide bonds. The number of nitrogens with zero attached hydrogens (tertiary/aromatic N) is 2. The summed E-state index contributed by atoms with van der Waals surface area (Å²) < 4.78 is 6.12. The number of carbonyl (C=O) groups is 2. The van der Waals surface area contributed by atoms with E-state index >= 15 is 0 Å². The molecule has 6 nitrogen and oxygen atoms in total. The second-order valence-corrected chi connectivity index (χ2v) is 6.95. The quantitative estimate of drug-likeness (QED) is 0.736. The first-order chi connectivity index (χ1) is 11.1. The zero-order chi connectivity index (χ0) is 16.2. The molecule has 0 unspecified atom stereocenters. The van der Waals surface area contributed by atoms with Gasteiger partial charge in [-0.3, -0.25) is 0 Å². The Hall–Kier alpha value is -1.51. The van der Waals surface area contributed by atoms with Crippen molar-refractivity contribution in [2.45, 2.75) is 25.3 Å². The third-order valence-electron chi connectivity index (χ3n) is 4.31. The summed E-state index contributed by atoms with van der Waals surface area (Å²) >= 11 is 2.21. The van der Waals surface area contributed by atoms with E-state index in [0.29, 0.717) is 19.7 Å². The highest BCUT2D eigenvalue weighted by Crippen LogP contribution is 2.22. The van der Waals surface area contributed by atoms with Gasteiger partial charge in [0.05, 0.1) is 12.3 Å². The SMILES string of the molecule is O=C(Nc1ccccc1I)N1CCC(N2CCCOC2=O)CC1. The smallest absolute Gasteiger partial charge is 0.410 e. The van der Waals surface area contributed by atoms with E-state index < -0.39 is 0 Å². The van der Waals surface area contributed by atoms with Crippen molar-refractivity contribution in [3.63, 3.8) is 0 Å². The van der Waals surface area contributed by atoms with Crippen LogP contribution in [0, 0.1) is 3.57 Å². The van der Waals surface area contributed by atoms with Gasteiger partial charge in [0.2, 0.25) is 0 Å². The number of anilines is 1. The number of cyclic esters (lactones) is 1. The average Bonchev–Trinajstić information content (AvgIpc) is 2.57. The Labute approximate surface area is 149 Å². The van der Waals surface area contributed by atoms with Crippen LogP contribution in [0.5, 0.6) is 0 Å². The maximum Gasteiger partial charge on any atom is 0.410 e. The van der Waals surface area contributed by atoms with Gasteiger partial charge >= 0.3 is 12.1 Å². The molecule has 2 aliphatic heterocycles. The lowest BCUT2D eigenvalue weighted by atomic mass is 10.0.